The van der Waals surface area contributed by atoms with E-state index in [9.17, 15) is 0 Å². The molecule has 2 aliphatic rings. The van der Waals surface area contributed by atoms with Crippen molar-refractivity contribution in [2.24, 2.45) is 11.8 Å². The summed E-state index contributed by atoms with van der Waals surface area (Å²) in [7, 11) is 0. The Labute approximate surface area is 113 Å². The van der Waals surface area contributed by atoms with Crippen LogP contribution in [0.3, 0.4) is 0 Å². The largest absolute Gasteiger partial charge is 0.441 e. The summed E-state index contributed by atoms with van der Waals surface area (Å²) in [5.74, 6) is 3.44. The smallest absolute Gasteiger partial charge is 0.192 e. The molecule has 1 aromatic carbocycles. The summed E-state index contributed by atoms with van der Waals surface area (Å²) in [4.78, 5) is 4.64. The first-order valence-electron chi connectivity index (χ1n) is 7.27. The van der Waals surface area contributed by atoms with Gasteiger partial charge in [-0.05, 0) is 47.4 Å². The number of aryl methyl sites for hydroxylation is 1. The first-order chi connectivity index (χ1) is 9.16. The standard InChI is InChI=1S/C16H20N2O/c1-8-12-6-17-7-13(8)11-4-5-14-16(15(11)9(12)2)18-10(3)19-14/h4-5,8-9,12-13,17H,6-7H2,1-3H3/t8-,9?,12?,13?/m0/s1. The second-order valence-electron chi connectivity index (χ2n) is 6.22. The predicted octanol–water partition coefficient (Wildman–Crippen LogP) is 3.19. The summed E-state index contributed by atoms with van der Waals surface area (Å²) in [6.07, 6.45) is 0. The lowest BCUT2D eigenvalue weighted by Gasteiger charge is -2.46. The number of oxazole rings is 1. The van der Waals surface area contributed by atoms with Gasteiger partial charge in [0, 0.05) is 13.5 Å². The van der Waals surface area contributed by atoms with Crippen LogP contribution in [0.25, 0.3) is 11.1 Å². The van der Waals surface area contributed by atoms with Crippen molar-refractivity contribution in [2.75, 3.05) is 13.1 Å². The molecule has 2 bridgehead atoms. The zero-order chi connectivity index (χ0) is 13.1. The van der Waals surface area contributed by atoms with Crippen LogP contribution in [0, 0.1) is 18.8 Å². The maximum atomic E-state index is 5.70. The monoisotopic (exact) mass is 256 g/mol. The molecule has 0 radical (unpaired) electrons. The van der Waals surface area contributed by atoms with Gasteiger partial charge >= 0.3 is 0 Å². The third-order valence-electron chi connectivity index (χ3n) is 5.29. The Morgan fingerprint density at radius 3 is 2.95 bits per heavy atom. The summed E-state index contributed by atoms with van der Waals surface area (Å²) >= 11 is 0. The highest BCUT2D eigenvalue weighted by Crippen LogP contribution is 2.49. The van der Waals surface area contributed by atoms with E-state index in [1.54, 1.807) is 0 Å². The molecule has 1 N–H and O–H groups in total. The molecular formula is C16H20N2O. The fourth-order valence-electron chi connectivity index (χ4n) is 4.26. The fourth-order valence-corrected chi connectivity index (χ4v) is 4.26. The van der Waals surface area contributed by atoms with Gasteiger partial charge in [-0.15, -0.1) is 0 Å². The molecule has 0 amide bonds. The van der Waals surface area contributed by atoms with Crippen molar-refractivity contribution in [1.82, 2.24) is 10.3 Å². The van der Waals surface area contributed by atoms with Gasteiger partial charge < -0.3 is 9.73 Å². The molecule has 1 aliphatic heterocycles. The topological polar surface area (TPSA) is 38.1 Å². The number of hydrogen-bond donors (Lipinski definition) is 1. The van der Waals surface area contributed by atoms with Crippen molar-refractivity contribution in [1.29, 1.82) is 0 Å². The van der Waals surface area contributed by atoms with Crippen molar-refractivity contribution in [3.8, 4) is 0 Å². The molecule has 100 valence electrons. The number of fused-ring (bicyclic) bond motifs is 6. The highest BCUT2D eigenvalue weighted by Gasteiger charge is 2.42. The molecule has 19 heavy (non-hydrogen) atoms. The summed E-state index contributed by atoms with van der Waals surface area (Å²) in [6.45, 7) is 8.93. The van der Waals surface area contributed by atoms with Gasteiger partial charge in [-0.3, -0.25) is 0 Å². The Balaban J connectivity index is 2.02. The summed E-state index contributed by atoms with van der Waals surface area (Å²) < 4.78 is 5.70. The van der Waals surface area contributed by atoms with E-state index >= 15 is 0 Å². The molecule has 0 saturated carbocycles. The van der Waals surface area contributed by atoms with E-state index in [2.05, 4.69) is 36.3 Å². The molecule has 1 fully saturated rings. The normalized spacial score (nSPS) is 33.4. The minimum atomic E-state index is 0.558. The lowest BCUT2D eigenvalue weighted by Crippen LogP contribution is -2.46. The highest BCUT2D eigenvalue weighted by atomic mass is 16.3. The molecule has 3 heteroatoms. The van der Waals surface area contributed by atoms with Gasteiger partial charge in [-0.2, -0.15) is 0 Å². The van der Waals surface area contributed by atoms with Gasteiger partial charge in [0.2, 0.25) is 0 Å². The van der Waals surface area contributed by atoms with Crippen molar-refractivity contribution < 1.29 is 4.42 Å². The van der Waals surface area contributed by atoms with E-state index in [0.717, 1.165) is 36.0 Å². The second-order valence-corrected chi connectivity index (χ2v) is 6.22. The van der Waals surface area contributed by atoms with E-state index in [1.165, 1.54) is 11.1 Å². The van der Waals surface area contributed by atoms with E-state index in [-0.39, 0.29) is 0 Å². The summed E-state index contributed by atoms with van der Waals surface area (Å²) in [5.41, 5.74) is 4.99. The minimum Gasteiger partial charge on any atom is -0.441 e. The lowest BCUT2D eigenvalue weighted by molar-refractivity contribution is 0.191. The van der Waals surface area contributed by atoms with Crippen LogP contribution < -0.4 is 5.32 Å². The quantitative estimate of drug-likeness (QED) is 0.786. The SMILES string of the molecule is Cc1nc2c3c(ccc2o1)C1CNCC(C3C)[C@@H]1C. The van der Waals surface area contributed by atoms with Gasteiger partial charge in [0.1, 0.15) is 5.52 Å². The first-order valence-corrected chi connectivity index (χ1v) is 7.27. The van der Waals surface area contributed by atoms with Crippen LogP contribution in [0.4, 0.5) is 0 Å². The Hall–Kier alpha value is -1.35. The number of piperidine rings is 1. The van der Waals surface area contributed by atoms with Crippen LogP contribution >= 0.6 is 0 Å². The fraction of sp³-hybridized carbons (Fsp3) is 0.562. The van der Waals surface area contributed by atoms with Crippen molar-refractivity contribution >= 4 is 11.1 Å². The van der Waals surface area contributed by atoms with Gasteiger partial charge in [-0.1, -0.05) is 19.9 Å². The molecule has 1 aliphatic carbocycles. The van der Waals surface area contributed by atoms with Crippen LogP contribution in [-0.4, -0.2) is 18.1 Å². The predicted molar refractivity (Wildman–Crippen MR) is 75.4 cm³/mol. The maximum Gasteiger partial charge on any atom is 0.192 e. The number of rotatable bonds is 0. The molecule has 4 atom stereocenters. The van der Waals surface area contributed by atoms with Crippen LogP contribution in [0.15, 0.2) is 16.5 Å². The van der Waals surface area contributed by atoms with Crippen LogP contribution in [0.5, 0.6) is 0 Å². The second kappa shape index (κ2) is 3.83. The van der Waals surface area contributed by atoms with Crippen LogP contribution in [-0.2, 0) is 0 Å². The zero-order valence-corrected chi connectivity index (χ0v) is 11.7. The van der Waals surface area contributed by atoms with Gasteiger partial charge in [-0.25, -0.2) is 4.98 Å². The molecule has 2 heterocycles. The van der Waals surface area contributed by atoms with Gasteiger partial charge in [0.05, 0.1) is 0 Å². The Morgan fingerprint density at radius 2 is 2.11 bits per heavy atom. The number of benzene rings is 1. The minimum absolute atomic E-state index is 0.558. The Kier molecular flexibility index (Phi) is 2.31. The van der Waals surface area contributed by atoms with Crippen molar-refractivity contribution in [2.45, 2.75) is 32.6 Å². The first kappa shape index (κ1) is 11.5. The zero-order valence-electron chi connectivity index (χ0n) is 11.7. The average Bonchev–Trinajstić information content (AvgIpc) is 2.75. The van der Waals surface area contributed by atoms with E-state index < -0.39 is 0 Å². The van der Waals surface area contributed by atoms with E-state index in [1.807, 2.05) is 6.92 Å². The van der Waals surface area contributed by atoms with Gasteiger partial charge in [0.15, 0.2) is 11.5 Å². The third-order valence-corrected chi connectivity index (χ3v) is 5.29. The van der Waals surface area contributed by atoms with Crippen LogP contribution in [0.1, 0.15) is 42.7 Å². The Bertz CT molecular complexity index is 645. The molecular weight excluding hydrogens is 236 g/mol. The number of nitrogens with zero attached hydrogens (tertiary/aromatic N) is 1. The highest BCUT2D eigenvalue weighted by molar-refractivity contribution is 5.79. The molecule has 1 saturated heterocycles. The summed E-state index contributed by atoms with van der Waals surface area (Å²) in [5, 5.41) is 3.60. The Morgan fingerprint density at radius 1 is 1.26 bits per heavy atom. The maximum absolute atomic E-state index is 5.70. The number of nitrogens with one attached hydrogen (secondary N) is 1. The average molecular weight is 256 g/mol. The van der Waals surface area contributed by atoms with E-state index in [0.29, 0.717) is 17.8 Å². The molecule has 2 aromatic rings. The molecule has 0 spiro atoms. The molecule has 4 rings (SSSR count). The van der Waals surface area contributed by atoms with E-state index in [4.69, 9.17) is 4.42 Å². The van der Waals surface area contributed by atoms with Crippen LogP contribution in [0.2, 0.25) is 0 Å². The molecule has 1 aromatic heterocycles. The number of hydrogen-bond acceptors (Lipinski definition) is 3. The summed E-state index contributed by atoms with van der Waals surface area (Å²) in [6, 6.07) is 4.37. The molecule has 3 unspecified atom stereocenters. The van der Waals surface area contributed by atoms with Gasteiger partial charge in [0.25, 0.3) is 0 Å². The van der Waals surface area contributed by atoms with Crippen molar-refractivity contribution in [3.05, 3.63) is 29.2 Å². The number of aromatic nitrogens is 1. The lowest BCUT2D eigenvalue weighted by atomic mass is 9.63. The molecule has 3 nitrogen and oxygen atoms in total. The van der Waals surface area contributed by atoms with Crippen molar-refractivity contribution in [3.63, 3.8) is 0 Å². The third kappa shape index (κ3) is 1.45.